The summed E-state index contributed by atoms with van der Waals surface area (Å²) >= 11 is 6.67. The van der Waals surface area contributed by atoms with Crippen LogP contribution in [0.2, 0.25) is 5.02 Å². The second-order valence-electron chi connectivity index (χ2n) is 11.1. The molecule has 4 heterocycles. The van der Waals surface area contributed by atoms with Crippen molar-refractivity contribution in [1.82, 2.24) is 20.2 Å². The Kier molecular flexibility index (Phi) is 9.09. The monoisotopic (exact) mass is 596 g/mol. The lowest BCUT2D eigenvalue weighted by molar-refractivity contribution is 0.0841. The van der Waals surface area contributed by atoms with Crippen LogP contribution in [0.1, 0.15) is 46.5 Å². The number of nitrogens with one attached hydrogen (secondary N) is 2. The van der Waals surface area contributed by atoms with Crippen molar-refractivity contribution in [3.05, 3.63) is 64.3 Å². The molecule has 2 fully saturated rings. The van der Waals surface area contributed by atoms with E-state index >= 15 is 0 Å². The highest BCUT2D eigenvalue weighted by molar-refractivity contribution is 6.33. The zero-order valence-corrected chi connectivity index (χ0v) is 24.3. The van der Waals surface area contributed by atoms with Gasteiger partial charge in [0.1, 0.15) is 24.0 Å². The van der Waals surface area contributed by atoms with E-state index in [-0.39, 0.29) is 19.1 Å². The van der Waals surface area contributed by atoms with Gasteiger partial charge in [0, 0.05) is 50.9 Å². The van der Waals surface area contributed by atoms with Crippen LogP contribution in [-0.2, 0) is 24.3 Å². The molecule has 2 aromatic heterocycles. The van der Waals surface area contributed by atoms with Crippen molar-refractivity contribution >= 4 is 29.1 Å². The molecular formula is C30H37ClN6O5. The molecule has 3 aliphatic rings. The molecule has 1 amide bonds. The Morgan fingerprint density at radius 2 is 2.07 bits per heavy atom. The number of morpholine rings is 1. The first-order chi connectivity index (χ1) is 20.5. The van der Waals surface area contributed by atoms with E-state index in [2.05, 4.69) is 25.4 Å². The van der Waals surface area contributed by atoms with E-state index in [1.54, 1.807) is 12.3 Å². The standard InChI is InChI=1S/C30H37ClN6O5/c31-29-25-6-7-36(16-20(25)4-5-26(29)41-18-24-15-32-19-42-24)17-23(38)14-33-30(39)21-12-27(34-22-2-1-3-22)35-28(13-21)37-8-10-40-11-9-37/h4-5,12-13,15,19,22-23,38H,1-3,6-11,14,16-18H2,(H,33,39)(H,34,35). The van der Waals surface area contributed by atoms with Gasteiger partial charge in [-0.3, -0.25) is 9.69 Å². The topological polar surface area (TPSA) is 125 Å². The summed E-state index contributed by atoms with van der Waals surface area (Å²) in [5.41, 5.74) is 2.70. The number of rotatable bonds is 11. The second-order valence-corrected chi connectivity index (χ2v) is 11.5. The first-order valence-electron chi connectivity index (χ1n) is 14.6. The fourth-order valence-corrected chi connectivity index (χ4v) is 5.82. The molecule has 0 bridgehead atoms. The quantitative estimate of drug-likeness (QED) is 0.304. The molecule has 3 N–H and O–H groups in total. The Labute approximate surface area is 250 Å². The smallest absolute Gasteiger partial charge is 0.251 e. The van der Waals surface area contributed by atoms with E-state index in [4.69, 9.17) is 30.5 Å². The number of benzene rings is 1. The third-order valence-corrected chi connectivity index (χ3v) is 8.48. The fraction of sp³-hybridized carbons (Fsp3) is 0.500. The Hall–Kier alpha value is -3.38. The molecule has 42 heavy (non-hydrogen) atoms. The summed E-state index contributed by atoms with van der Waals surface area (Å²) < 4.78 is 16.5. The number of ether oxygens (including phenoxy) is 2. The highest BCUT2D eigenvalue weighted by Gasteiger charge is 2.24. The first-order valence-corrected chi connectivity index (χ1v) is 15.0. The van der Waals surface area contributed by atoms with Crippen LogP contribution < -0.4 is 20.3 Å². The first kappa shape index (κ1) is 28.7. The molecule has 1 atom stereocenters. The summed E-state index contributed by atoms with van der Waals surface area (Å²) in [5.74, 6) is 2.50. The number of oxazole rings is 1. The van der Waals surface area contributed by atoms with E-state index in [1.165, 1.54) is 12.8 Å². The minimum absolute atomic E-state index is 0.151. The molecule has 6 rings (SSSR count). The number of β-amino-alcohol motifs (C(OH)–C–C–N with tert-alkyl or cyclic N) is 1. The Balaban J connectivity index is 1.03. The normalized spacial score (nSPS) is 18.2. The van der Waals surface area contributed by atoms with Crippen LogP contribution in [0.25, 0.3) is 0 Å². The van der Waals surface area contributed by atoms with Gasteiger partial charge in [-0.1, -0.05) is 17.7 Å². The van der Waals surface area contributed by atoms with Crippen LogP contribution in [0.5, 0.6) is 5.75 Å². The van der Waals surface area contributed by atoms with Gasteiger partial charge < -0.3 is 34.5 Å². The molecule has 0 radical (unpaired) electrons. The van der Waals surface area contributed by atoms with Crippen LogP contribution in [0.15, 0.2) is 41.3 Å². The molecule has 2 aliphatic heterocycles. The van der Waals surface area contributed by atoms with Gasteiger partial charge in [0.2, 0.25) is 0 Å². The molecule has 0 spiro atoms. The number of aromatic nitrogens is 2. The average Bonchev–Trinajstić information content (AvgIpc) is 3.51. The van der Waals surface area contributed by atoms with E-state index < -0.39 is 6.10 Å². The second kappa shape index (κ2) is 13.3. The Morgan fingerprint density at radius 1 is 1.21 bits per heavy atom. The minimum atomic E-state index is -0.719. The maximum Gasteiger partial charge on any atom is 0.251 e. The molecule has 1 aromatic carbocycles. The van der Waals surface area contributed by atoms with Gasteiger partial charge in [0.25, 0.3) is 5.91 Å². The minimum Gasteiger partial charge on any atom is -0.484 e. The Bertz CT molecular complexity index is 1360. The molecule has 224 valence electrons. The maximum atomic E-state index is 13.2. The number of nitrogens with zero attached hydrogens (tertiary/aromatic N) is 4. The van der Waals surface area contributed by atoms with Crippen LogP contribution >= 0.6 is 11.6 Å². The molecule has 11 nitrogen and oxygen atoms in total. The van der Waals surface area contributed by atoms with Gasteiger partial charge in [-0.2, -0.15) is 0 Å². The van der Waals surface area contributed by atoms with Crippen molar-refractivity contribution in [2.45, 2.75) is 51.0 Å². The molecule has 3 aromatic rings. The van der Waals surface area contributed by atoms with Crippen LogP contribution in [0.3, 0.4) is 0 Å². The number of amides is 1. The summed E-state index contributed by atoms with van der Waals surface area (Å²) in [6.07, 6.45) is 6.44. The van der Waals surface area contributed by atoms with Gasteiger partial charge in [0.05, 0.1) is 30.5 Å². The molecule has 1 unspecified atom stereocenters. The number of fused-ring (bicyclic) bond motifs is 1. The van der Waals surface area contributed by atoms with Gasteiger partial charge in [0.15, 0.2) is 12.2 Å². The predicted molar refractivity (Wildman–Crippen MR) is 158 cm³/mol. The van der Waals surface area contributed by atoms with E-state index in [0.29, 0.717) is 60.3 Å². The number of carbonyl (C=O) groups excluding carboxylic acids is 1. The summed E-state index contributed by atoms with van der Waals surface area (Å²) in [6, 6.07) is 7.92. The number of anilines is 2. The average molecular weight is 597 g/mol. The highest BCUT2D eigenvalue weighted by Crippen LogP contribution is 2.34. The van der Waals surface area contributed by atoms with Crippen LogP contribution in [-0.4, -0.2) is 84.0 Å². The number of halogens is 1. The summed E-state index contributed by atoms with van der Waals surface area (Å²) in [7, 11) is 0. The van der Waals surface area contributed by atoms with E-state index in [1.807, 2.05) is 18.2 Å². The number of pyridine rings is 1. The number of hydrogen-bond acceptors (Lipinski definition) is 10. The molecule has 1 saturated carbocycles. The lowest BCUT2D eigenvalue weighted by atomic mass is 9.93. The van der Waals surface area contributed by atoms with Gasteiger partial charge >= 0.3 is 0 Å². The SMILES string of the molecule is O=C(NCC(O)CN1CCc2c(ccc(OCc3cnco3)c2Cl)C1)c1cc(NC2CCC2)nc(N2CCOCC2)c1. The lowest BCUT2D eigenvalue weighted by Gasteiger charge is -2.31. The van der Waals surface area contributed by atoms with Crippen molar-refractivity contribution in [2.75, 3.05) is 56.2 Å². The Morgan fingerprint density at radius 3 is 2.83 bits per heavy atom. The number of aliphatic hydroxyl groups excluding tert-OH is 1. The molecule has 12 heteroatoms. The van der Waals surface area contributed by atoms with E-state index in [0.717, 1.165) is 55.8 Å². The van der Waals surface area contributed by atoms with Crippen LogP contribution in [0, 0.1) is 0 Å². The lowest BCUT2D eigenvalue weighted by Crippen LogP contribution is -2.42. The zero-order valence-electron chi connectivity index (χ0n) is 23.6. The summed E-state index contributed by atoms with van der Waals surface area (Å²) in [5, 5.41) is 17.8. The van der Waals surface area contributed by atoms with Crippen molar-refractivity contribution < 1.29 is 23.8 Å². The van der Waals surface area contributed by atoms with Gasteiger partial charge in [-0.05, 0) is 55.0 Å². The highest BCUT2D eigenvalue weighted by atomic mass is 35.5. The van der Waals surface area contributed by atoms with Crippen molar-refractivity contribution in [1.29, 1.82) is 0 Å². The van der Waals surface area contributed by atoms with Gasteiger partial charge in [-0.15, -0.1) is 0 Å². The van der Waals surface area contributed by atoms with Crippen molar-refractivity contribution in [2.24, 2.45) is 0 Å². The van der Waals surface area contributed by atoms with Crippen molar-refractivity contribution in [3.8, 4) is 5.75 Å². The third kappa shape index (κ3) is 6.97. The maximum absolute atomic E-state index is 13.2. The fourth-order valence-electron chi connectivity index (χ4n) is 5.49. The molecule has 1 aliphatic carbocycles. The molecule has 1 saturated heterocycles. The summed E-state index contributed by atoms with van der Waals surface area (Å²) in [4.78, 5) is 26.2. The van der Waals surface area contributed by atoms with Gasteiger partial charge in [-0.25, -0.2) is 9.97 Å². The number of aliphatic hydroxyl groups is 1. The summed E-state index contributed by atoms with van der Waals surface area (Å²) in [6.45, 7) is 5.00. The largest absolute Gasteiger partial charge is 0.484 e. The van der Waals surface area contributed by atoms with Crippen molar-refractivity contribution in [3.63, 3.8) is 0 Å². The zero-order chi connectivity index (χ0) is 28.9. The number of carbonyl (C=O) groups is 1. The predicted octanol–water partition coefficient (Wildman–Crippen LogP) is 3.25. The third-order valence-electron chi connectivity index (χ3n) is 8.06. The number of hydrogen-bond donors (Lipinski definition) is 3. The van der Waals surface area contributed by atoms with E-state index in [9.17, 15) is 9.90 Å². The van der Waals surface area contributed by atoms with Crippen LogP contribution in [0.4, 0.5) is 11.6 Å². The molecular weight excluding hydrogens is 560 g/mol.